The SMILES string of the molecule is Cc1cnoc1-c1cncc(B2OC(C)(C)C(C)(C)O2)c1. The second-order valence-electron chi connectivity index (χ2n) is 6.43. The number of aromatic nitrogens is 2. The van der Waals surface area contributed by atoms with Gasteiger partial charge in [-0.3, -0.25) is 4.98 Å². The molecule has 5 nitrogen and oxygen atoms in total. The minimum absolute atomic E-state index is 0.365. The lowest BCUT2D eigenvalue weighted by Gasteiger charge is -2.32. The van der Waals surface area contributed by atoms with E-state index in [-0.39, 0.29) is 11.2 Å². The fourth-order valence-corrected chi connectivity index (χ4v) is 2.26. The topological polar surface area (TPSA) is 57.4 Å². The third-order valence-corrected chi connectivity index (χ3v) is 4.30. The maximum atomic E-state index is 6.04. The lowest BCUT2D eigenvalue weighted by Crippen LogP contribution is -2.41. The van der Waals surface area contributed by atoms with Crippen molar-refractivity contribution < 1.29 is 13.8 Å². The van der Waals surface area contributed by atoms with Gasteiger partial charge in [-0.1, -0.05) is 5.16 Å². The van der Waals surface area contributed by atoms with Crippen LogP contribution in [0, 0.1) is 6.92 Å². The smallest absolute Gasteiger partial charge is 0.399 e. The highest BCUT2D eigenvalue weighted by atomic mass is 16.7. The van der Waals surface area contributed by atoms with E-state index in [1.54, 1.807) is 18.6 Å². The summed E-state index contributed by atoms with van der Waals surface area (Å²) in [4.78, 5) is 4.27. The maximum Gasteiger partial charge on any atom is 0.496 e. The molecule has 1 aliphatic heterocycles. The molecule has 0 radical (unpaired) electrons. The van der Waals surface area contributed by atoms with Crippen LogP contribution in [0.1, 0.15) is 33.3 Å². The lowest BCUT2D eigenvalue weighted by atomic mass is 9.79. The summed E-state index contributed by atoms with van der Waals surface area (Å²) in [6.07, 6.45) is 5.20. The van der Waals surface area contributed by atoms with Gasteiger partial charge in [-0.15, -0.1) is 0 Å². The summed E-state index contributed by atoms with van der Waals surface area (Å²) in [6, 6.07) is 1.97. The Hall–Kier alpha value is -1.66. The van der Waals surface area contributed by atoms with Crippen LogP contribution >= 0.6 is 0 Å². The molecule has 0 aromatic carbocycles. The fraction of sp³-hybridized carbons (Fsp3) is 0.467. The largest absolute Gasteiger partial charge is 0.496 e. The average molecular weight is 286 g/mol. The van der Waals surface area contributed by atoms with Crippen LogP contribution in [0.3, 0.4) is 0 Å². The van der Waals surface area contributed by atoms with Crippen molar-refractivity contribution in [3.05, 3.63) is 30.2 Å². The van der Waals surface area contributed by atoms with E-state index in [1.807, 2.05) is 40.7 Å². The van der Waals surface area contributed by atoms with Gasteiger partial charge in [0.15, 0.2) is 5.76 Å². The van der Waals surface area contributed by atoms with Crippen LogP contribution in [-0.2, 0) is 9.31 Å². The van der Waals surface area contributed by atoms with Crippen molar-refractivity contribution in [3.8, 4) is 11.3 Å². The Bertz CT molecular complexity index is 650. The molecule has 1 fully saturated rings. The van der Waals surface area contributed by atoms with Crippen molar-refractivity contribution in [2.24, 2.45) is 0 Å². The van der Waals surface area contributed by atoms with Gasteiger partial charge in [0.05, 0.1) is 17.4 Å². The van der Waals surface area contributed by atoms with Crippen LogP contribution in [0.15, 0.2) is 29.2 Å². The van der Waals surface area contributed by atoms with Crippen molar-refractivity contribution >= 4 is 12.6 Å². The summed E-state index contributed by atoms with van der Waals surface area (Å²) in [5.74, 6) is 0.723. The van der Waals surface area contributed by atoms with Gasteiger partial charge in [-0.2, -0.15) is 0 Å². The molecule has 0 spiro atoms. The number of hydrogen-bond donors (Lipinski definition) is 0. The van der Waals surface area contributed by atoms with Crippen molar-refractivity contribution in [2.45, 2.75) is 45.8 Å². The molecule has 21 heavy (non-hydrogen) atoms. The average Bonchev–Trinajstić information content (AvgIpc) is 2.92. The van der Waals surface area contributed by atoms with Gasteiger partial charge in [-0.05, 0) is 40.7 Å². The normalized spacial score (nSPS) is 20.0. The molecular weight excluding hydrogens is 267 g/mol. The number of nitrogens with zero attached hydrogens (tertiary/aromatic N) is 2. The van der Waals surface area contributed by atoms with Gasteiger partial charge in [0.2, 0.25) is 0 Å². The first-order valence-corrected chi connectivity index (χ1v) is 7.02. The predicted molar refractivity (Wildman–Crippen MR) is 80.2 cm³/mol. The Labute approximate surface area is 124 Å². The molecule has 2 aromatic heterocycles. The van der Waals surface area contributed by atoms with Crippen LogP contribution < -0.4 is 5.46 Å². The molecule has 0 unspecified atom stereocenters. The van der Waals surface area contributed by atoms with E-state index >= 15 is 0 Å². The number of pyridine rings is 1. The van der Waals surface area contributed by atoms with Gasteiger partial charge in [0.25, 0.3) is 0 Å². The van der Waals surface area contributed by atoms with Crippen molar-refractivity contribution in [1.29, 1.82) is 0 Å². The van der Waals surface area contributed by atoms with Gasteiger partial charge in [0.1, 0.15) is 0 Å². The number of rotatable bonds is 2. The van der Waals surface area contributed by atoms with E-state index < -0.39 is 7.12 Å². The summed E-state index contributed by atoms with van der Waals surface area (Å²) < 4.78 is 17.4. The predicted octanol–water partition coefficient (Wildman–Crippen LogP) is 2.34. The minimum Gasteiger partial charge on any atom is -0.399 e. The molecule has 0 aliphatic carbocycles. The molecule has 110 valence electrons. The first-order chi connectivity index (χ1) is 9.80. The summed E-state index contributed by atoms with van der Waals surface area (Å²) in [5.41, 5.74) is 1.99. The van der Waals surface area contributed by atoms with Crippen LogP contribution in [0.5, 0.6) is 0 Å². The molecule has 3 heterocycles. The fourth-order valence-electron chi connectivity index (χ4n) is 2.26. The molecule has 6 heteroatoms. The molecule has 3 rings (SSSR count). The standard InChI is InChI=1S/C15H19BN2O3/c1-10-7-18-19-13(10)11-6-12(9-17-8-11)16-20-14(2,3)15(4,5)21-16/h6-9H,1-5H3. The van der Waals surface area contributed by atoms with Gasteiger partial charge in [-0.25, -0.2) is 0 Å². The zero-order valence-corrected chi connectivity index (χ0v) is 13.0. The van der Waals surface area contributed by atoms with Gasteiger partial charge >= 0.3 is 7.12 Å². The van der Waals surface area contributed by atoms with Crippen LogP contribution in [0.4, 0.5) is 0 Å². The maximum absolute atomic E-state index is 6.04. The third kappa shape index (κ3) is 2.38. The van der Waals surface area contributed by atoms with Crippen molar-refractivity contribution in [1.82, 2.24) is 10.1 Å². The number of hydrogen-bond acceptors (Lipinski definition) is 5. The molecule has 1 saturated heterocycles. The highest BCUT2D eigenvalue weighted by molar-refractivity contribution is 6.62. The first-order valence-electron chi connectivity index (χ1n) is 7.02. The van der Waals surface area contributed by atoms with Crippen LogP contribution in [0.25, 0.3) is 11.3 Å². The highest BCUT2D eigenvalue weighted by Gasteiger charge is 2.51. The van der Waals surface area contributed by atoms with Crippen LogP contribution in [-0.4, -0.2) is 28.5 Å². The summed E-state index contributed by atoms with van der Waals surface area (Å²) >= 11 is 0. The Morgan fingerprint density at radius 1 is 1.00 bits per heavy atom. The Morgan fingerprint density at radius 2 is 1.67 bits per heavy atom. The Morgan fingerprint density at radius 3 is 2.24 bits per heavy atom. The summed E-state index contributed by atoms with van der Waals surface area (Å²) in [7, 11) is -0.425. The second kappa shape index (κ2) is 4.68. The van der Waals surface area contributed by atoms with E-state index in [9.17, 15) is 0 Å². The molecule has 2 aromatic rings. The zero-order valence-electron chi connectivity index (χ0n) is 13.0. The molecule has 0 atom stereocenters. The van der Waals surface area contributed by atoms with Crippen LogP contribution in [0.2, 0.25) is 0 Å². The lowest BCUT2D eigenvalue weighted by molar-refractivity contribution is 0.00578. The monoisotopic (exact) mass is 286 g/mol. The molecular formula is C15H19BN2O3. The first kappa shape index (κ1) is 14.3. The highest BCUT2D eigenvalue weighted by Crippen LogP contribution is 2.36. The van der Waals surface area contributed by atoms with Crippen molar-refractivity contribution in [3.63, 3.8) is 0 Å². The van der Waals surface area contributed by atoms with Crippen molar-refractivity contribution in [2.75, 3.05) is 0 Å². The van der Waals surface area contributed by atoms with E-state index in [0.717, 1.165) is 22.3 Å². The summed E-state index contributed by atoms with van der Waals surface area (Å²) in [5, 5.41) is 3.81. The zero-order chi connectivity index (χ0) is 15.3. The summed E-state index contributed by atoms with van der Waals surface area (Å²) in [6.45, 7) is 10.1. The third-order valence-electron chi connectivity index (χ3n) is 4.30. The van der Waals surface area contributed by atoms with Gasteiger partial charge < -0.3 is 13.8 Å². The second-order valence-corrected chi connectivity index (χ2v) is 6.43. The minimum atomic E-state index is -0.425. The molecule has 0 bridgehead atoms. The van der Waals surface area contributed by atoms with E-state index in [2.05, 4.69) is 10.1 Å². The number of aryl methyl sites for hydroxylation is 1. The molecule has 0 saturated carbocycles. The quantitative estimate of drug-likeness (QED) is 0.793. The molecule has 1 aliphatic rings. The molecule has 0 amide bonds. The van der Waals surface area contributed by atoms with Gasteiger partial charge in [0, 0.05) is 29.0 Å². The van der Waals surface area contributed by atoms with E-state index in [1.165, 1.54) is 0 Å². The van der Waals surface area contributed by atoms with E-state index in [0.29, 0.717) is 0 Å². The van der Waals surface area contributed by atoms with E-state index in [4.69, 9.17) is 13.8 Å². The Kier molecular flexibility index (Phi) is 3.18. The Balaban J connectivity index is 1.94. The molecule has 0 N–H and O–H groups in total.